The minimum absolute atomic E-state index is 0.264. The third-order valence-electron chi connectivity index (χ3n) is 3.27. The van der Waals surface area contributed by atoms with Crippen LogP contribution in [0.1, 0.15) is 11.1 Å². The second-order valence-electron chi connectivity index (χ2n) is 4.62. The van der Waals surface area contributed by atoms with Crippen molar-refractivity contribution in [1.82, 2.24) is 5.16 Å². The lowest BCUT2D eigenvalue weighted by molar-refractivity contribution is -0.782. The molecule has 0 aliphatic carbocycles. The molecule has 2 aromatic carbocycles. The number of aromatic nitrogens is 2. The maximum atomic E-state index is 11.2. The molecule has 0 N–H and O–H groups in total. The third-order valence-corrected chi connectivity index (χ3v) is 3.27. The Labute approximate surface area is 119 Å². The molecular formula is C15H10N2O4. The van der Waals surface area contributed by atoms with Gasteiger partial charge in [-0.25, -0.2) is 0 Å². The van der Waals surface area contributed by atoms with E-state index in [1.807, 2.05) is 36.4 Å². The van der Waals surface area contributed by atoms with E-state index in [0.29, 0.717) is 15.9 Å². The van der Waals surface area contributed by atoms with Gasteiger partial charge in [-0.2, -0.15) is 0 Å². The second-order valence-corrected chi connectivity index (χ2v) is 4.62. The van der Waals surface area contributed by atoms with E-state index in [2.05, 4.69) is 9.79 Å². The molecule has 0 atom stereocenters. The Balaban J connectivity index is 1.64. The van der Waals surface area contributed by atoms with Gasteiger partial charge in [-0.1, -0.05) is 24.3 Å². The molecular weight excluding hydrogens is 272 g/mol. The molecule has 0 saturated carbocycles. The first-order valence-corrected chi connectivity index (χ1v) is 6.37. The summed E-state index contributed by atoms with van der Waals surface area (Å²) >= 11 is 0. The lowest BCUT2D eigenvalue weighted by Gasteiger charge is -1.97. The van der Waals surface area contributed by atoms with E-state index in [-0.39, 0.29) is 6.79 Å². The predicted octanol–water partition coefficient (Wildman–Crippen LogP) is 2.36. The molecule has 1 aliphatic heterocycles. The van der Waals surface area contributed by atoms with Crippen molar-refractivity contribution in [1.29, 1.82) is 0 Å². The van der Waals surface area contributed by atoms with Gasteiger partial charge in [-0.15, -0.1) is 0 Å². The molecule has 0 unspecified atom stereocenters. The van der Waals surface area contributed by atoms with Crippen LogP contribution in [0.3, 0.4) is 0 Å². The zero-order valence-electron chi connectivity index (χ0n) is 10.9. The van der Waals surface area contributed by atoms with Gasteiger partial charge in [0.25, 0.3) is 0 Å². The highest BCUT2D eigenvalue weighted by atomic mass is 16.8. The monoisotopic (exact) mass is 282 g/mol. The first kappa shape index (κ1) is 11.8. The molecule has 1 aromatic heterocycles. The molecule has 0 radical (unpaired) electrons. The van der Waals surface area contributed by atoms with Crippen LogP contribution in [0.5, 0.6) is 11.5 Å². The summed E-state index contributed by atoms with van der Waals surface area (Å²) in [6.45, 7) is 0.264. The Hall–Kier alpha value is -3.02. The summed E-state index contributed by atoms with van der Waals surface area (Å²) in [5.41, 5.74) is 2.86. The molecule has 3 aromatic rings. The standard InChI is InChI=1S/C15H10N2O4/c18-17-13-5-3-10(7-12(13)16-21-17)1-2-11-4-6-14-15(8-11)20-9-19-14/h1-8H,9H2. The normalized spacial score (nSPS) is 13.3. The molecule has 2 heterocycles. The van der Waals surface area contributed by atoms with Gasteiger partial charge in [0.05, 0.1) is 0 Å². The van der Waals surface area contributed by atoms with E-state index in [4.69, 9.17) is 9.47 Å². The van der Waals surface area contributed by atoms with Crippen LogP contribution in [0, 0.1) is 5.21 Å². The molecule has 0 amide bonds. The molecule has 0 fully saturated rings. The van der Waals surface area contributed by atoms with Gasteiger partial charge in [-0.3, -0.25) is 4.63 Å². The molecule has 104 valence electrons. The Bertz CT molecular complexity index is 854. The maximum absolute atomic E-state index is 11.2. The predicted molar refractivity (Wildman–Crippen MR) is 74.5 cm³/mol. The van der Waals surface area contributed by atoms with Crippen molar-refractivity contribution in [2.24, 2.45) is 0 Å². The maximum Gasteiger partial charge on any atom is 0.249 e. The number of rotatable bonds is 2. The Morgan fingerprint density at radius 3 is 2.67 bits per heavy atom. The van der Waals surface area contributed by atoms with Crippen LogP contribution < -0.4 is 14.4 Å². The van der Waals surface area contributed by atoms with E-state index in [1.54, 1.807) is 12.1 Å². The number of nitrogens with zero attached hydrogens (tertiary/aromatic N) is 2. The zero-order chi connectivity index (χ0) is 14.2. The molecule has 4 rings (SSSR count). The van der Waals surface area contributed by atoms with Crippen LogP contribution in [0.2, 0.25) is 0 Å². The van der Waals surface area contributed by atoms with Crippen molar-refractivity contribution in [3.63, 3.8) is 0 Å². The minimum Gasteiger partial charge on any atom is -0.454 e. The average molecular weight is 282 g/mol. The van der Waals surface area contributed by atoms with Crippen molar-refractivity contribution in [3.05, 3.63) is 52.7 Å². The van der Waals surface area contributed by atoms with E-state index < -0.39 is 0 Å². The summed E-state index contributed by atoms with van der Waals surface area (Å²) in [7, 11) is 0. The van der Waals surface area contributed by atoms with Crippen molar-refractivity contribution >= 4 is 23.2 Å². The molecule has 0 saturated heterocycles. The fraction of sp³-hybridized carbons (Fsp3) is 0.0667. The Morgan fingerprint density at radius 1 is 1.00 bits per heavy atom. The number of ether oxygens (including phenoxy) is 2. The van der Waals surface area contributed by atoms with Gasteiger partial charge >= 0.3 is 0 Å². The molecule has 0 bridgehead atoms. The lowest BCUT2D eigenvalue weighted by atomic mass is 10.1. The molecule has 6 nitrogen and oxygen atoms in total. The molecule has 0 spiro atoms. The fourth-order valence-electron chi connectivity index (χ4n) is 2.21. The van der Waals surface area contributed by atoms with Crippen molar-refractivity contribution in [3.8, 4) is 11.5 Å². The van der Waals surface area contributed by atoms with E-state index >= 15 is 0 Å². The van der Waals surface area contributed by atoms with Gasteiger partial charge in [0.2, 0.25) is 17.8 Å². The topological polar surface area (TPSA) is 71.4 Å². The highest BCUT2D eigenvalue weighted by Crippen LogP contribution is 2.32. The van der Waals surface area contributed by atoms with Crippen LogP contribution in [-0.4, -0.2) is 11.9 Å². The van der Waals surface area contributed by atoms with E-state index in [0.717, 1.165) is 22.6 Å². The second kappa shape index (κ2) is 4.52. The van der Waals surface area contributed by atoms with Gasteiger partial charge in [-0.05, 0) is 34.2 Å². The van der Waals surface area contributed by atoms with Gasteiger partial charge < -0.3 is 14.7 Å². The lowest BCUT2D eigenvalue weighted by Crippen LogP contribution is -2.22. The van der Waals surface area contributed by atoms with Gasteiger partial charge in [0, 0.05) is 11.2 Å². The summed E-state index contributed by atoms with van der Waals surface area (Å²) in [5.74, 6) is 1.51. The molecule has 6 heteroatoms. The SMILES string of the molecule is [O-][n+]1onc2cc(C=Cc3ccc4c(c3)OCO4)ccc21. The van der Waals surface area contributed by atoms with Crippen molar-refractivity contribution in [2.75, 3.05) is 6.79 Å². The number of benzene rings is 2. The third kappa shape index (κ3) is 2.06. The number of hydrogen-bond acceptors (Lipinski definition) is 5. The first-order valence-electron chi connectivity index (χ1n) is 6.37. The summed E-state index contributed by atoms with van der Waals surface area (Å²) in [5, 5.41) is 14.9. The molecule has 21 heavy (non-hydrogen) atoms. The van der Waals surface area contributed by atoms with Crippen LogP contribution in [0.4, 0.5) is 0 Å². The summed E-state index contributed by atoms with van der Waals surface area (Å²) < 4.78 is 15.1. The smallest absolute Gasteiger partial charge is 0.249 e. The van der Waals surface area contributed by atoms with Gasteiger partial charge in [0.15, 0.2) is 11.5 Å². The van der Waals surface area contributed by atoms with E-state index in [9.17, 15) is 5.21 Å². The summed E-state index contributed by atoms with van der Waals surface area (Å²) in [6, 6.07) is 11.0. The van der Waals surface area contributed by atoms with Crippen molar-refractivity contribution < 1.29 is 19.0 Å². The largest absolute Gasteiger partial charge is 0.454 e. The highest BCUT2D eigenvalue weighted by Gasteiger charge is 2.12. The number of hydrogen-bond donors (Lipinski definition) is 0. The fourth-order valence-corrected chi connectivity index (χ4v) is 2.21. The zero-order valence-corrected chi connectivity index (χ0v) is 10.9. The first-order chi connectivity index (χ1) is 10.3. The Morgan fingerprint density at radius 2 is 1.76 bits per heavy atom. The number of fused-ring (bicyclic) bond motifs is 2. The summed E-state index contributed by atoms with van der Waals surface area (Å²) in [4.78, 5) is 0.390. The van der Waals surface area contributed by atoms with Crippen LogP contribution in [0.15, 0.2) is 41.0 Å². The average Bonchev–Trinajstić information content (AvgIpc) is 3.11. The van der Waals surface area contributed by atoms with Crippen LogP contribution in [0.25, 0.3) is 23.2 Å². The van der Waals surface area contributed by atoms with Crippen molar-refractivity contribution in [2.45, 2.75) is 0 Å². The van der Waals surface area contributed by atoms with Crippen LogP contribution >= 0.6 is 0 Å². The van der Waals surface area contributed by atoms with Gasteiger partial charge in [0.1, 0.15) is 0 Å². The minimum atomic E-state index is 0.264. The molecule has 1 aliphatic rings. The Kier molecular flexibility index (Phi) is 2.53. The summed E-state index contributed by atoms with van der Waals surface area (Å²) in [6.07, 6.45) is 3.88. The van der Waals surface area contributed by atoms with Crippen LogP contribution in [-0.2, 0) is 0 Å². The quantitative estimate of drug-likeness (QED) is 0.533. The van der Waals surface area contributed by atoms with E-state index in [1.165, 1.54) is 0 Å². The highest BCUT2D eigenvalue weighted by molar-refractivity contribution is 5.78.